The fourth-order valence-electron chi connectivity index (χ4n) is 3.31. The largest absolute Gasteiger partial charge is 0.305 e. The first-order valence-corrected chi connectivity index (χ1v) is 7.62. The number of benzene rings is 2. The molecule has 0 aliphatic heterocycles. The van der Waals surface area contributed by atoms with Crippen molar-refractivity contribution in [1.29, 1.82) is 0 Å². The van der Waals surface area contributed by atoms with Gasteiger partial charge in [0.05, 0.1) is 0 Å². The summed E-state index contributed by atoms with van der Waals surface area (Å²) < 4.78 is 13.8. The fourth-order valence-corrected chi connectivity index (χ4v) is 3.31. The molecule has 2 aromatic carbocycles. The van der Waals surface area contributed by atoms with Gasteiger partial charge in [-0.15, -0.1) is 0 Å². The molecule has 1 N–H and O–H groups in total. The van der Waals surface area contributed by atoms with Gasteiger partial charge in [0.15, 0.2) is 0 Å². The molecule has 2 aromatic rings. The van der Waals surface area contributed by atoms with E-state index in [0.717, 1.165) is 18.4 Å². The summed E-state index contributed by atoms with van der Waals surface area (Å²) in [7, 11) is 0. The van der Waals surface area contributed by atoms with E-state index in [1.54, 1.807) is 6.07 Å². The van der Waals surface area contributed by atoms with Gasteiger partial charge in [0.2, 0.25) is 0 Å². The Morgan fingerprint density at radius 3 is 2.62 bits per heavy atom. The Labute approximate surface area is 126 Å². The second kappa shape index (κ2) is 5.61. The first kappa shape index (κ1) is 14.3. The van der Waals surface area contributed by atoms with Crippen LogP contribution in [0.1, 0.15) is 43.0 Å². The lowest BCUT2D eigenvalue weighted by Gasteiger charge is -2.40. The zero-order chi connectivity index (χ0) is 14.9. The Morgan fingerprint density at radius 1 is 1.10 bits per heavy atom. The number of rotatable bonds is 3. The van der Waals surface area contributed by atoms with Crippen LogP contribution in [0.3, 0.4) is 0 Å². The predicted octanol–water partition coefficient (Wildman–Crippen LogP) is 4.63. The summed E-state index contributed by atoms with van der Waals surface area (Å²) in [4.78, 5) is 0. The Morgan fingerprint density at radius 2 is 1.81 bits per heavy atom. The van der Waals surface area contributed by atoms with Crippen molar-refractivity contribution in [2.75, 3.05) is 0 Å². The van der Waals surface area contributed by atoms with Gasteiger partial charge in [0.1, 0.15) is 5.82 Å². The van der Waals surface area contributed by atoms with Crippen LogP contribution < -0.4 is 5.32 Å². The molecule has 0 radical (unpaired) electrons. The van der Waals surface area contributed by atoms with Crippen molar-refractivity contribution in [3.05, 3.63) is 71.0 Å². The number of hydrogen-bond donors (Lipinski definition) is 1. The van der Waals surface area contributed by atoms with Crippen LogP contribution in [0, 0.1) is 11.2 Å². The average Bonchev–Trinajstić information content (AvgIpc) is 2.47. The molecule has 1 atom stereocenters. The second-order valence-corrected chi connectivity index (χ2v) is 6.59. The number of fused-ring (bicyclic) bond motifs is 1. The summed E-state index contributed by atoms with van der Waals surface area (Å²) in [5, 5.41) is 3.59. The molecule has 0 spiro atoms. The Balaban J connectivity index is 1.85. The van der Waals surface area contributed by atoms with Gasteiger partial charge >= 0.3 is 0 Å². The maximum absolute atomic E-state index is 13.8. The SMILES string of the molecule is CC1(C)CCc2ccccc2C1NCc1ccccc1F. The van der Waals surface area contributed by atoms with Crippen LogP contribution in [0.4, 0.5) is 4.39 Å². The Hall–Kier alpha value is -1.67. The van der Waals surface area contributed by atoms with E-state index in [2.05, 4.69) is 43.4 Å². The first-order valence-electron chi connectivity index (χ1n) is 7.62. The van der Waals surface area contributed by atoms with Gasteiger partial charge in [0, 0.05) is 18.2 Å². The third-order valence-corrected chi connectivity index (χ3v) is 4.64. The molecule has 1 nitrogen and oxygen atoms in total. The molecule has 0 amide bonds. The quantitative estimate of drug-likeness (QED) is 0.866. The van der Waals surface area contributed by atoms with E-state index in [-0.39, 0.29) is 17.3 Å². The fraction of sp³-hybridized carbons (Fsp3) is 0.368. The second-order valence-electron chi connectivity index (χ2n) is 6.59. The maximum Gasteiger partial charge on any atom is 0.127 e. The van der Waals surface area contributed by atoms with Gasteiger partial charge in [0.25, 0.3) is 0 Å². The van der Waals surface area contributed by atoms with Gasteiger partial charge in [-0.2, -0.15) is 0 Å². The van der Waals surface area contributed by atoms with Crippen molar-refractivity contribution in [1.82, 2.24) is 5.32 Å². The normalized spacial score (nSPS) is 20.0. The molecule has 1 aliphatic carbocycles. The van der Waals surface area contributed by atoms with Crippen molar-refractivity contribution in [3.63, 3.8) is 0 Å². The summed E-state index contributed by atoms with van der Waals surface area (Å²) in [6.45, 7) is 5.15. The van der Waals surface area contributed by atoms with Gasteiger partial charge < -0.3 is 5.32 Å². The minimum Gasteiger partial charge on any atom is -0.305 e. The van der Waals surface area contributed by atoms with Crippen molar-refractivity contribution in [3.8, 4) is 0 Å². The molecule has 3 rings (SSSR count). The molecule has 1 unspecified atom stereocenters. The number of nitrogens with one attached hydrogen (secondary N) is 1. The molecule has 0 bridgehead atoms. The summed E-state index contributed by atoms with van der Waals surface area (Å²) in [6, 6.07) is 15.9. The van der Waals surface area contributed by atoms with Crippen LogP contribution >= 0.6 is 0 Å². The van der Waals surface area contributed by atoms with Crippen LogP contribution in [0.5, 0.6) is 0 Å². The Kier molecular flexibility index (Phi) is 3.81. The topological polar surface area (TPSA) is 12.0 Å². The highest BCUT2D eigenvalue weighted by Gasteiger charge is 2.35. The molecular weight excluding hydrogens is 261 g/mol. The summed E-state index contributed by atoms with van der Waals surface area (Å²) in [5.41, 5.74) is 3.70. The molecule has 1 aliphatic rings. The molecular formula is C19H22FN. The van der Waals surface area contributed by atoms with Crippen LogP contribution in [-0.4, -0.2) is 0 Å². The number of halogens is 1. The third-order valence-electron chi connectivity index (χ3n) is 4.64. The van der Waals surface area contributed by atoms with E-state index in [4.69, 9.17) is 0 Å². The van der Waals surface area contributed by atoms with Crippen molar-refractivity contribution in [2.45, 2.75) is 39.3 Å². The monoisotopic (exact) mass is 283 g/mol. The van der Waals surface area contributed by atoms with Crippen molar-refractivity contribution < 1.29 is 4.39 Å². The highest BCUT2D eigenvalue weighted by Crippen LogP contribution is 2.43. The van der Waals surface area contributed by atoms with E-state index < -0.39 is 0 Å². The lowest BCUT2D eigenvalue weighted by molar-refractivity contribution is 0.207. The van der Waals surface area contributed by atoms with Crippen molar-refractivity contribution in [2.24, 2.45) is 5.41 Å². The highest BCUT2D eigenvalue weighted by atomic mass is 19.1. The summed E-state index contributed by atoms with van der Waals surface area (Å²) >= 11 is 0. The molecule has 2 heteroatoms. The van der Waals surface area contributed by atoms with E-state index in [0.29, 0.717) is 6.54 Å². The lowest BCUT2D eigenvalue weighted by Crippen LogP contribution is -2.38. The standard InChI is InChI=1S/C19H22FN/c1-19(2)12-11-14-7-3-5-9-16(14)18(19)21-13-15-8-4-6-10-17(15)20/h3-10,18,21H,11-13H2,1-2H3. The molecule has 21 heavy (non-hydrogen) atoms. The predicted molar refractivity (Wildman–Crippen MR) is 84.5 cm³/mol. The van der Waals surface area contributed by atoms with E-state index >= 15 is 0 Å². The first-order chi connectivity index (χ1) is 10.1. The van der Waals surface area contributed by atoms with Crippen molar-refractivity contribution >= 4 is 0 Å². The average molecular weight is 283 g/mol. The minimum absolute atomic E-state index is 0.132. The Bertz CT molecular complexity index is 633. The van der Waals surface area contributed by atoms with E-state index in [1.807, 2.05) is 12.1 Å². The van der Waals surface area contributed by atoms with Gasteiger partial charge in [-0.1, -0.05) is 56.3 Å². The molecule has 0 saturated heterocycles. The van der Waals surface area contributed by atoms with Gasteiger partial charge in [-0.05, 0) is 35.4 Å². The van der Waals surface area contributed by atoms with Crippen LogP contribution in [0.2, 0.25) is 0 Å². The molecule has 110 valence electrons. The zero-order valence-corrected chi connectivity index (χ0v) is 12.7. The zero-order valence-electron chi connectivity index (χ0n) is 12.7. The molecule has 0 saturated carbocycles. The highest BCUT2D eigenvalue weighted by molar-refractivity contribution is 5.34. The summed E-state index contributed by atoms with van der Waals surface area (Å²) in [5.74, 6) is -0.132. The summed E-state index contributed by atoms with van der Waals surface area (Å²) in [6.07, 6.45) is 2.28. The van der Waals surface area contributed by atoms with E-state index in [1.165, 1.54) is 17.2 Å². The van der Waals surface area contributed by atoms with E-state index in [9.17, 15) is 4.39 Å². The minimum atomic E-state index is -0.132. The van der Waals surface area contributed by atoms with Crippen LogP contribution in [0.15, 0.2) is 48.5 Å². The van der Waals surface area contributed by atoms with Crippen LogP contribution in [-0.2, 0) is 13.0 Å². The number of hydrogen-bond acceptors (Lipinski definition) is 1. The third kappa shape index (κ3) is 2.86. The maximum atomic E-state index is 13.8. The molecule has 0 aromatic heterocycles. The smallest absolute Gasteiger partial charge is 0.127 e. The molecule has 0 fully saturated rings. The molecule has 0 heterocycles. The number of aryl methyl sites for hydroxylation is 1. The lowest BCUT2D eigenvalue weighted by atomic mass is 9.70. The van der Waals surface area contributed by atoms with Gasteiger partial charge in [-0.25, -0.2) is 4.39 Å². The van der Waals surface area contributed by atoms with Gasteiger partial charge in [-0.3, -0.25) is 0 Å². The van der Waals surface area contributed by atoms with Crippen LogP contribution in [0.25, 0.3) is 0 Å².